The number of aromatic hydroxyl groups is 2. The minimum Gasteiger partial charge on any atom is -0.507 e. The van der Waals surface area contributed by atoms with E-state index < -0.39 is 82.6 Å². The van der Waals surface area contributed by atoms with Gasteiger partial charge in [0.05, 0.1) is 42.1 Å². The molecule has 0 amide bonds. The Balaban J connectivity index is 1.69. The molecule has 6 N–H and O–H groups in total. The van der Waals surface area contributed by atoms with Crippen molar-refractivity contribution in [2.24, 2.45) is 5.73 Å². The van der Waals surface area contributed by atoms with E-state index >= 15 is 0 Å². The number of carbonyl (C=O) groups excluding carboxylic acids is 3. The van der Waals surface area contributed by atoms with Crippen LogP contribution in [0.15, 0.2) is 18.2 Å². The first-order valence-corrected chi connectivity index (χ1v) is 12.8. The van der Waals surface area contributed by atoms with Gasteiger partial charge in [0.25, 0.3) is 0 Å². The van der Waals surface area contributed by atoms with Crippen molar-refractivity contribution in [3.8, 4) is 17.2 Å². The number of methoxy groups -OCH3 is 1. The van der Waals surface area contributed by atoms with Crippen LogP contribution >= 0.6 is 0 Å². The Kier molecular flexibility index (Phi) is 6.76. The average molecular weight is 542 g/mol. The molecule has 1 fully saturated rings. The summed E-state index contributed by atoms with van der Waals surface area (Å²) in [5, 5.41) is 44.5. The minimum absolute atomic E-state index is 0.0119. The summed E-state index contributed by atoms with van der Waals surface area (Å²) in [7, 11) is 1.34. The van der Waals surface area contributed by atoms with Crippen LogP contribution < -0.4 is 10.5 Å². The number of aliphatic hydroxyl groups excluding tert-OH is 1. The standard InChI is InChI=1S/C28H31NO10/c1-4-17(30)28(36)9-13-20(16(10-28)39-18-8-14(29)23(31)11(2)38-18)27(35)22-21(25(13)33)24(32)12-6-5-7-15(37-3)19(12)26(22)34/h5-7,11,14,16,18,23,31,33,35-36H,4,8-10,29H2,1-3H3/t11-,14-,16-,18-,23+,28-/m0/s1. The molecule has 39 heavy (non-hydrogen) atoms. The van der Waals surface area contributed by atoms with Crippen LogP contribution in [-0.4, -0.2) is 75.0 Å². The smallest absolute Gasteiger partial charge is 0.202 e. The highest BCUT2D eigenvalue weighted by atomic mass is 16.7. The fourth-order valence-corrected chi connectivity index (χ4v) is 5.93. The Morgan fingerprint density at radius 2 is 1.85 bits per heavy atom. The maximum atomic E-state index is 13.7. The van der Waals surface area contributed by atoms with Gasteiger partial charge in [0.15, 0.2) is 17.9 Å². The lowest BCUT2D eigenvalue weighted by Crippen LogP contribution is -2.52. The molecule has 2 aromatic carbocycles. The highest BCUT2D eigenvalue weighted by molar-refractivity contribution is 6.31. The summed E-state index contributed by atoms with van der Waals surface area (Å²) >= 11 is 0. The molecule has 0 saturated carbocycles. The van der Waals surface area contributed by atoms with Crippen LogP contribution in [0.2, 0.25) is 0 Å². The fourth-order valence-electron chi connectivity index (χ4n) is 5.93. The molecule has 1 saturated heterocycles. The zero-order valence-electron chi connectivity index (χ0n) is 21.8. The molecule has 0 spiro atoms. The van der Waals surface area contributed by atoms with Crippen LogP contribution in [0.5, 0.6) is 17.2 Å². The largest absolute Gasteiger partial charge is 0.507 e. The molecule has 0 bridgehead atoms. The first-order valence-electron chi connectivity index (χ1n) is 12.8. The predicted octanol–water partition coefficient (Wildman–Crippen LogP) is 1.42. The van der Waals surface area contributed by atoms with Crippen molar-refractivity contribution in [1.29, 1.82) is 0 Å². The van der Waals surface area contributed by atoms with Crippen molar-refractivity contribution in [3.05, 3.63) is 51.6 Å². The number of hydrogen-bond donors (Lipinski definition) is 5. The van der Waals surface area contributed by atoms with Crippen LogP contribution in [0, 0.1) is 0 Å². The molecule has 1 heterocycles. The van der Waals surface area contributed by atoms with E-state index in [1.807, 2.05) is 0 Å². The fraction of sp³-hybridized carbons (Fsp3) is 0.464. The molecule has 0 radical (unpaired) electrons. The second-order valence-electron chi connectivity index (χ2n) is 10.4. The van der Waals surface area contributed by atoms with Crippen LogP contribution in [0.25, 0.3) is 0 Å². The summed E-state index contributed by atoms with van der Waals surface area (Å²) in [6.07, 6.45) is -4.53. The normalized spacial score (nSPS) is 29.8. The van der Waals surface area contributed by atoms with Crippen LogP contribution in [0.3, 0.4) is 0 Å². The first kappa shape index (κ1) is 27.2. The third-order valence-corrected chi connectivity index (χ3v) is 7.98. The second kappa shape index (κ2) is 9.68. The van der Waals surface area contributed by atoms with Crippen LogP contribution in [0.4, 0.5) is 0 Å². The van der Waals surface area contributed by atoms with E-state index in [-0.39, 0.29) is 47.3 Å². The number of nitrogens with two attached hydrogens (primary N) is 1. The quantitative estimate of drug-likeness (QED) is 0.294. The van der Waals surface area contributed by atoms with Gasteiger partial charge in [0, 0.05) is 48.4 Å². The number of Topliss-reactive ketones (excluding diaryl/α,β-unsaturated/α-hetero) is 1. The third-order valence-electron chi connectivity index (χ3n) is 7.98. The van der Waals surface area contributed by atoms with Gasteiger partial charge in [-0.1, -0.05) is 19.1 Å². The van der Waals surface area contributed by atoms with E-state index in [4.69, 9.17) is 19.9 Å². The molecular weight excluding hydrogens is 510 g/mol. The van der Waals surface area contributed by atoms with Crippen molar-refractivity contribution >= 4 is 17.3 Å². The topological polar surface area (TPSA) is 186 Å². The summed E-state index contributed by atoms with van der Waals surface area (Å²) in [4.78, 5) is 40.1. The van der Waals surface area contributed by atoms with Gasteiger partial charge in [-0.2, -0.15) is 0 Å². The van der Waals surface area contributed by atoms with E-state index in [1.54, 1.807) is 13.8 Å². The van der Waals surface area contributed by atoms with Crippen molar-refractivity contribution in [1.82, 2.24) is 0 Å². The lowest BCUT2D eigenvalue weighted by molar-refractivity contribution is -0.247. The third kappa shape index (κ3) is 4.12. The summed E-state index contributed by atoms with van der Waals surface area (Å²) < 4.78 is 17.1. The first-order chi connectivity index (χ1) is 18.4. The Labute approximate surface area is 224 Å². The van der Waals surface area contributed by atoms with Gasteiger partial charge in [0.2, 0.25) is 5.78 Å². The number of ketones is 3. The molecule has 11 nitrogen and oxygen atoms in total. The number of phenols is 2. The zero-order valence-corrected chi connectivity index (χ0v) is 21.8. The molecule has 6 atom stereocenters. The maximum absolute atomic E-state index is 13.7. The van der Waals surface area contributed by atoms with Gasteiger partial charge >= 0.3 is 0 Å². The lowest BCUT2D eigenvalue weighted by atomic mass is 9.71. The molecule has 5 rings (SSSR count). The Morgan fingerprint density at radius 3 is 2.49 bits per heavy atom. The number of ether oxygens (including phenoxy) is 3. The van der Waals surface area contributed by atoms with Gasteiger partial charge in [-0.15, -0.1) is 0 Å². The van der Waals surface area contributed by atoms with Gasteiger partial charge in [-0.3, -0.25) is 14.4 Å². The van der Waals surface area contributed by atoms with Gasteiger partial charge in [-0.05, 0) is 13.0 Å². The van der Waals surface area contributed by atoms with Crippen molar-refractivity contribution in [3.63, 3.8) is 0 Å². The number of rotatable bonds is 5. The van der Waals surface area contributed by atoms with E-state index in [0.29, 0.717) is 0 Å². The molecule has 2 aromatic rings. The maximum Gasteiger partial charge on any atom is 0.202 e. The highest BCUT2D eigenvalue weighted by Crippen LogP contribution is 2.52. The van der Waals surface area contributed by atoms with E-state index in [0.717, 1.165) is 0 Å². The van der Waals surface area contributed by atoms with Gasteiger partial charge in [-0.25, -0.2) is 0 Å². The Hall–Kier alpha value is -3.35. The monoisotopic (exact) mass is 541 g/mol. The molecule has 208 valence electrons. The molecular formula is C28H31NO10. The van der Waals surface area contributed by atoms with Crippen LogP contribution in [0.1, 0.15) is 82.2 Å². The molecule has 2 aliphatic carbocycles. The number of fused-ring (bicyclic) bond motifs is 3. The molecule has 1 aliphatic heterocycles. The minimum atomic E-state index is -1.99. The summed E-state index contributed by atoms with van der Waals surface area (Å²) in [5.41, 5.74) is 3.03. The van der Waals surface area contributed by atoms with Crippen LogP contribution in [-0.2, 0) is 20.7 Å². The summed E-state index contributed by atoms with van der Waals surface area (Å²) in [6, 6.07) is 3.76. The predicted molar refractivity (Wildman–Crippen MR) is 135 cm³/mol. The number of phenolic OH excluding ortho intramolecular Hbond substituents is 2. The van der Waals surface area contributed by atoms with Gasteiger partial charge < -0.3 is 40.4 Å². The van der Waals surface area contributed by atoms with Crippen molar-refractivity contribution in [2.45, 2.75) is 75.8 Å². The Bertz CT molecular complexity index is 1380. The van der Waals surface area contributed by atoms with E-state index in [1.165, 1.54) is 25.3 Å². The van der Waals surface area contributed by atoms with E-state index in [2.05, 4.69) is 0 Å². The summed E-state index contributed by atoms with van der Waals surface area (Å²) in [6.45, 7) is 3.19. The van der Waals surface area contributed by atoms with Crippen molar-refractivity contribution in [2.75, 3.05) is 7.11 Å². The molecule has 0 unspecified atom stereocenters. The van der Waals surface area contributed by atoms with E-state index in [9.17, 15) is 34.8 Å². The number of hydrogen-bond acceptors (Lipinski definition) is 11. The number of benzene rings is 2. The Morgan fingerprint density at radius 1 is 1.15 bits per heavy atom. The average Bonchev–Trinajstić information content (AvgIpc) is 2.90. The second-order valence-corrected chi connectivity index (χ2v) is 10.4. The summed E-state index contributed by atoms with van der Waals surface area (Å²) in [5.74, 6) is -3.07. The zero-order chi connectivity index (χ0) is 28.4. The highest BCUT2D eigenvalue weighted by Gasteiger charge is 2.49. The van der Waals surface area contributed by atoms with Gasteiger partial charge in [0.1, 0.15) is 22.8 Å². The lowest BCUT2D eigenvalue weighted by Gasteiger charge is -2.42. The molecule has 11 heteroatoms. The number of aliphatic hydroxyl groups is 2. The molecule has 0 aromatic heterocycles. The molecule has 3 aliphatic rings. The van der Waals surface area contributed by atoms with Crippen molar-refractivity contribution < 1.29 is 49.0 Å². The SMILES string of the molecule is CCC(=O)[C@]1(O)Cc2c(O)c3c(c(O)c2[C@@H](O[C@H]2C[C@H](N)[C@H](O)[C@H](C)O2)C1)C(=O)c1c(OC)cccc1C3=O. The number of carbonyl (C=O) groups is 3.